The van der Waals surface area contributed by atoms with E-state index in [1.54, 1.807) is 16.2 Å². The fraction of sp³-hybridized carbons (Fsp3) is 0.429. The molecule has 1 aromatic carbocycles. The summed E-state index contributed by atoms with van der Waals surface area (Å²) < 4.78 is 5.46. The predicted octanol–water partition coefficient (Wildman–Crippen LogP) is 4.35. The minimum Gasteiger partial charge on any atom is -0.299 e. The topological polar surface area (TPSA) is 84.7 Å². The van der Waals surface area contributed by atoms with E-state index >= 15 is 0 Å². The third kappa shape index (κ3) is 4.71. The first-order valence-corrected chi connectivity index (χ1v) is 12.5. The summed E-state index contributed by atoms with van der Waals surface area (Å²) in [5.74, 6) is 0. The molecule has 0 aliphatic carbocycles. The van der Waals surface area contributed by atoms with Crippen LogP contribution in [-0.2, 0) is 20.1 Å². The van der Waals surface area contributed by atoms with Crippen molar-refractivity contribution in [2.24, 2.45) is 12.5 Å². The SMILES string of the molecule is Cn1c(=O)n(CC(C)(C)C)c2ccc(-c3cc(CN4CCC(n5cccn5)CC4)ccc3C#N)nc21. The minimum atomic E-state index is -0.0719. The molecule has 0 N–H and O–H groups in total. The van der Waals surface area contributed by atoms with Crippen LogP contribution in [0.15, 0.2) is 53.6 Å². The monoisotopic (exact) mass is 483 g/mol. The molecule has 1 aliphatic heterocycles. The summed E-state index contributed by atoms with van der Waals surface area (Å²) in [6.07, 6.45) is 6.03. The lowest BCUT2D eigenvalue weighted by molar-refractivity contribution is 0.173. The van der Waals surface area contributed by atoms with Crippen LogP contribution in [0, 0.1) is 16.7 Å². The number of aryl methyl sites for hydroxylation is 1. The third-order valence-electron chi connectivity index (χ3n) is 6.96. The van der Waals surface area contributed by atoms with E-state index in [0.717, 1.165) is 49.1 Å². The lowest BCUT2D eigenvalue weighted by Crippen LogP contribution is -2.34. The Balaban J connectivity index is 1.41. The number of aromatic nitrogens is 5. The first-order chi connectivity index (χ1) is 17.2. The van der Waals surface area contributed by atoms with Gasteiger partial charge in [0.2, 0.25) is 0 Å². The molecule has 0 atom stereocenters. The summed E-state index contributed by atoms with van der Waals surface area (Å²) in [5, 5.41) is 14.2. The highest BCUT2D eigenvalue weighted by molar-refractivity contribution is 5.78. The summed E-state index contributed by atoms with van der Waals surface area (Å²) in [4.78, 5) is 20.2. The number of likely N-dealkylation sites (tertiary alicyclic amines) is 1. The number of fused-ring (bicyclic) bond motifs is 1. The van der Waals surface area contributed by atoms with Crippen LogP contribution in [-0.4, -0.2) is 41.9 Å². The van der Waals surface area contributed by atoms with Gasteiger partial charge in [-0.2, -0.15) is 10.4 Å². The van der Waals surface area contributed by atoms with E-state index in [4.69, 9.17) is 4.98 Å². The lowest BCUT2D eigenvalue weighted by Gasteiger charge is -2.32. The van der Waals surface area contributed by atoms with E-state index in [9.17, 15) is 10.1 Å². The molecule has 1 fully saturated rings. The Labute approximate surface area is 211 Å². The molecule has 36 heavy (non-hydrogen) atoms. The van der Waals surface area contributed by atoms with Crippen LogP contribution >= 0.6 is 0 Å². The van der Waals surface area contributed by atoms with Crippen molar-refractivity contribution in [3.8, 4) is 17.3 Å². The highest BCUT2D eigenvalue weighted by Gasteiger charge is 2.22. The van der Waals surface area contributed by atoms with Gasteiger partial charge in [-0.1, -0.05) is 26.8 Å². The van der Waals surface area contributed by atoms with Crippen molar-refractivity contribution in [2.75, 3.05) is 13.1 Å². The quantitative estimate of drug-likeness (QED) is 0.421. The van der Waals surface area contributed by atoms with Crippen LogP contribution in [0.25, 0.3) is 22.4 Å². The summed E-state index contributed by atoms with van der Waals surface area (Å²) in [6.45, 7) is 9.80. The Bertz CT molecular complexity index is 1470. The van der Waals surface area contributed by atoms with Crippen molar-refractivity contribution in [3.63, 3.8) is 0 Å². The smallest absolute Gasteiger partial charge is 0.299 e. The van der Waals surface area contributed by atoms with Crippen molar-refractivity contribution < 1.29 is 0 Å². The molecule has 0 unspecified atom stereocenters. The fourth-order valence-corrected chi connectivity index (χ4v) is 5.15. The van der Waals surface area contributed by atoms with Gasteiger partial charge in [0.1, 0.15) is 0 Å². The van der Waals surface area contributed by atoms with Gasteiger partial charge in [0.15, 0.2) is 5.65 Å². The third-order valence-corrected chi connectivity index (χ3v) is 6.96. The number of rotatable bonds is 5. The van der Waals surface area contributed by atoms with Crippen molar-refractivity contribution in [2.45, 2.75) is 52.7 Å². The molecule has 0 radical (unpaired) electrons. The Morgan fingerprint density at radius 3 is 2.58 bits per heavy atom. The molecule has 0 bridgehead atoms. The van der Waals surface area contributed by atoms with Gasteiger partial charge in [-0.15, -0.1) is 0 Å². The molecule has 186 valence electrons. The number of nitrogens with zero attached hydrogens (tertiary/aromatic N) is 7. The van der Waals surface area contributed by atoms with Crippen molar-refractivity contribution in [3.05, 3.63) is 70.4 Å². The molecule has 1 aliphatic rings. The number of pyridine rings is 1. The summed E-state index contributed by atoms with van der Waals surface area (Å²) in [5.41, 5.74) is 4.60. The second-order valence-corrected chi connectivity index (χ2v) is 11.0. The highest BCUT2D eigenvalue weighted by atomic mass is 16.1. The van der Waals surface area contributed by atoms with E-state index in [1.807, 2.05) is 42.7 Å². The van der Waals surface area contributed by atoms with Crippen LogP contribution in [0.1, 0.15) is 50.8 Å². The molecule has 5 rings (SSSR count). The zero-order chi connectivity index (χ0) is 25.4. The van der Waals surface area contributed by atoms with Gasteiger partial charge >= 0.3 is 5.69 Å². The van der Waals surface area contributed by atoms with E-state index in [2.05, 4.69) is 47.6 Å². The molecule has 0 amide bonds. The number of benzene rings is 1. The van der Waals surface area contributed by atoms with Gasteiger partial charge in [0.05, 0.1) is 28.9 Å². The second-order valence-electron chi connectivity index (χ2n) is 11.0. The Hall–Kier alpha value is -3.70. The van der Waals surface area contributed by atoms with E-state index < -0.39 is 0 Å². The maximum Gasteiger partial charge on any atom is 0.330 e. The molecule has 1 saturated heterocycles. The van der Waals surface area contributed by atoms with Crippen molar-refractivity contribution in [1.82, 2.24) is 28.8 Å². The maximum absolute atomic E-state index is 12.9. The first kappa shape index (κ1) is 24.0. The molecular weight excluding hydrogens is 450 g/mol. The van der Waals surface area contributed by atoms with Crippen LogP contribution in [0.4, 0.5) is 0 Å². The zero-order valence-corrected chi connectivity index (χ0v) is 21.5. The molecule has 4 heterocycles. The van der Waals surface area contributed by atoms with Gasteiger partial charge in [0.25, 0.3) is 0 Å². The maximum atomic E-state index is 12.9. The number of hydrogen-bond acceptors (Lipinski definition) is 5. The van der Waals surface area contributed by atoms with Gasteiger partial charge in [-0.05, 0) is 54.2 Å². The van der Waals surface area contributed by atoms with Gasteiger partial charge in [-0.3, -0.25) is 18.7 Å². The summed E-state index contributed by atoms with van der Waals surface area (Å²) >= 11 is 0. The normalized spacial score (nSPS) is 15.4. The lowest BCUT2D eigenvalue weighted by atomic mass is 9.97. The van der Waals surface area contributed by atoms with E-state index in [-0.39, 0.29) is 11.1 Å². The Morgan fingerprint density at radius 1 is 1.14 bits per heavy atom. The molecule has 4 aromatic rings. The average molecular weight is 484 g/mol. The largest absolute Gasteiger partial charge is 0.330 e. The van der Waals surface area contributed by atoms with Crippen LogP contribution in [0.2, 0.25) is 0 Å². The number of nitriles is 1. The zero-order valence-electron chi connectivity index (χ0n) is 21.5. The average Bonchev–Trinajstić information content (AvgIpc) is 3.48. The standard InChI is InChI=1S/C28H33N7O/c1-28(2,3)19-34-25-9-8-24(31-26(25)32(4)27(34)36)23-16-20(6-7-21(23)17-29)18-33-14-10-22(11-15-33)35-13-5-12-30-35/h5-9,12-13,16,22H,10-11,14-15,18-19H2,1-4H3. The van der Waals surface area contributed by atoms with Gasteiger partial charge in [-0.25, -0.2) is 9.78 Å². The number of piperidine rings is 1. The van der Waals surface area contributed by atoms with E-state index in [1.165, 1.54) is 0 Å². The van der Waals surface area contributed by atoms with Crippen molar-refractivity contribution >= 4 is 11.2 Å². The molecule has 8 nitrogen and oxygen atoms in total. The van der Waals surface area contributed by atoms with Gasteiger partial charge in [0, 0.05) is 51.2 Å². The van der Waals surface area contributed by atoms with E-state index in [0.29, 0.717) is 29.5 Å². The number of imidazole rings is 1. The fourth-order valence-electron chi connectivity index (χ4n) is 5.15. The Kier molecular flexibility index (Phi) is 6.27. The molecule has 0 spiro atoms. The van der Waals surface area contributed by atoms with Gasteiger partial charge < -0.3 is 0 Å². The predicted molar refractivity (Wildman–Crippen MR) is 140 cm³/mol. The summed E-state index contributed by atoms with van der Waals surface area (Å²) in [6, 6.07) is 14.6. The molecular formula is C28H33N7O. The Morgan fingerprint density at radius 2 is 1.92 bits per heavy atom. The second kappa shape index (κ2) is 9.40. The van der Waals surface area contributed by atoms with Crippen molar-refractivity contribution in [1.29, 1.82) is 5.26 Å². The molecule has 0 saturated carbocycles. The molecule has 3 aromatic heterocycles. The molecule has 8 heteroatoms. The first-order valence-electron chi connectivity index (χ1n) is 12.5. The minimum absolute atomic E-state index is 0.0358. The van der Waals surface area contributed by atoms with Crippen LogP contribution < -0.4 is 5.69 Å². The summed E-state index contributed by atoms with van der Waals surface area (Å²) in [7, 11) is 1.76. The number of hydrogen-bond donors (Lipinski definition) is 0. The van der Waals surface area contributed by atoms with Crippen LogP contribution in [0.5, 0.6) is 0 Å². The van der Waals surface area contributed by atoms with Crippen LogP contribution in [0.3, 0.4) is 0 Å². The highest BCUT2D eigenvalue weighted by Crippen LogP contribution is 2.28.